The zero-order valence-electron chi connectivity index (χ0n) is 11.2. The Hall–Kier alpha value is -2.33. The van der Waals surface area contributed by atoms with E-state index in [4.69, 9.17) is 4.74 Å². The molecule has 0 fully saturated rings. The number of aliphatic hydroxyl groups is 1. The van der Waals surface area contributed by atoms with Crippen molar-refractivity contribution in [3.8, 4) is 5.75 Å². The lowest BCUT2D eigenvalue weighted by Gasteiger charge is -2.11. The molecule has 0 saturated heterocycles. The standard InChI is InChI=1S/C16H17NO3/c1-20-14-9-7-12(8-10-14)11-17-16(19)15(18)13-5-3-2-4-6-13/h2-10,15,18H,11H2,1H3,(H,17,19). The number of carbonyl (C=O) groups excluding carboxylic acids is 1. The van der Waals surface area contributed by atoms with Gasteiger partial charge in [-0.15, -0.1) is 0 Å². The van der Waals surface area contributed by atoms with Crippen molar-refractivity contribution in [3.05, 3.63) is 65.7 Å². The summed E-state index contributed by atoms with van der Waals surface area (Å²) in [6.45, 7) is 0.368. The van der Waals surface area contributed by atoms with Gasteiger partial charge in [0, 0.05) is 6.54 Å². The van der Waals surface area contributed by atoms with Crippen LogP contribution >= 0.6 is 0 Å². The van der Waals surface area contributed by atoms with Crippen LogP contribution in [0.4, 0.5) is 0 Å². The van der Waals surface area contributed by atoms with Crippen molar-refractivity contribution in [3.63, 3.8) is 0 Å². The molecule has 4 heteroatoms. The van der Waals surface area contributed by atoms with Gasteiger partial charge >= 0.3 is 0 Å². The van der Waals surface area contributed by atoms with E-state index in [9.17, 15) is 9.90 Å². The van der Waals surface area contributed by atoms with Gasteiger partial charge in [0.05, 0.1) is 7.11 Å². The van der Waals surface area contributed by atoms with E-state index in [1.807, 2.05) is 30.3 Å². The minimum absolute atomic E-state index is 0.368. The Morgan fingerprint density at radius 2 is 1.80 bits per heavy atom. The van der Waals surface area contributed by atoms with Crippen LogP contribution in [-0.4, -0.2) is 18.1 Å². The van der Waals surface area contributed by atoms with Gasteiger partial charge in [-0.1, -0.05) is 42.5 Å². The van der Waals surface area contributed by atoms with E-state index in [0.29, 0.717) is 12.1 Å². The molecule has 2 aromatic rings. The van der Waals surface area contributed by atoms with E-state index in [0.717, 1.165) is 11.3 Å². The van der Waals surface area contributed by atoms with E-state index in [1.165, 1.54) is 0 Å². The van der Waals surface area contributed by atoms with Crippen molar-refractivity contribution in [1.29, 1.82) is 0 Å². The van der Waals surface area contributed by atoms with Gasteiger partial charge in [-0.2, -0.15) is 0 Å². The Labute approximate surface area is 118 Å². The van der Waals surface area contributed by atoms with E-state index >= 15 is 0 Å². The molecule has 1 atom stereocenters. The molecular weight excluding hydrogens is 254 g/mol. The highest BCUT2D eigenvalue weighted by atomic mass is 16.5. The van der Waals surface area contributed by atoms with Gasteiger partial charge in [0.15, 0.2) is 6.10 Å². The summed E-state index contributed by atoms with van der Waals surface area (Å²) in [6, 6.07) is 16.2. The second-order valence-corrected chi connectivity index (χ2v) is 4.38. The van der Waals surface area contributed by atoms with E-state index in [2.05, 4.69) is 5.32 Å². The fourth-order valence-electron chi connectivity index (χ4n) is 1.82. The van der Waals surface area contributed by atoms with Crippen LogP contribution in [0, 0.1) is 0 Å². The summed E-state index contributed by atoms with van der Waals surface area (Å²) in [7, 11) is 1.60. The first kappa shape index (κ1) is 14.1. The highest BCUT2D eigenvalue weighted by Crippen LogP contribution is 2.13. The first-order chi connectivity index (χ1) is 9.70. The number of methoxy groups -OCH3 is 1. The minimum Gasteiger partial charge on any atom is -0.497 e. The maximum absolute atomic E-state index is 11.9. The molecule has 4 nitrogen and oxygen atoms in total. The largest absolute Gasteiger partial charge is 0.497 e. The smallest absolute Gasteiger partial charge is 0.253 e. The zero-order valence-corrected chi connectivity index (χ0v) is 11.2. The molecule has 2 aromatic carbocycles. The molecule has 0 aromatic heterocycles. The number of aliphatic hydroxyl groups excluding tert-OH is 1. The Balaban J connectivity index is 1.91. The molecule has 0 bridgehead atoms. The number of carbonyl (C=O) groups is 1. The molecule has 0 spiro atoms. The van der Waals surface area contributed by atoms with Crippen molar-refractivity contribution in [1.82, 2.24) is 5.32 Å². The van der Waals surface area contributed by atoms with Crippen LogP contribution < -0.4 is 10.1 Å². The van der Waals surface area contributed by atoms with E-state index < -0.39 is 12.0 Å². The molecule has 0 aliphatic rings. The second-order valence-electron chi connectivity index (χ2n) is 4.38. The number of amides is 1. The Bertz CT molecular complexity index is 552. The van der Waals surface area contributed by atoms with Crippen LogP contribution in [0.5, 0.6) is 5.75 Å². The summed E-state index contributed by atoms with van der Waals surface area (Å²) < 4.78 is 5.06. The molecule has 20 heavy (non-hydrogen) atoms. The van der Waals surface area contributed by atoms with Crippen molar-refractivity contribution in [2.45, 2.75) is 12.6 Å². The number of rotatable bonds is 5. The molecule has 1 unspecified atom stereocenters. The third-order valence-corrected chi connectivity index (χ3v) is 2.99. The Kier molecular flexibility index (Phi) is 4.74. The quantitative estimate of drug-likeness (QED) is 0.875. The maximum Gasteiger partial charge on any atom is 0.253 e. The summed E-state index contributed by atoms with van der Waals surface area (Å²) in [5.74, 6) is 0.358. The number of ether oxygens (including phenoxy) is 1. The fourth-order valence-corrected chi connectivity index (χ4v) is 1.82. The normalized spacial score (nSPS) is 11.7. The van der Waals surface area contributed by atoms with E-state index in [-0.39, 0.29) is 0 Å². The predicted octanol–water partition coefficient (Wildman–Crippen LogP) is 2.04. The third-order valence-electron chi connectivity index (χ3n) is 2.99. The zero-order chi connectivity index (χ0) is 14.4. The molecule has 0 saturated carbocycles. The molecule has 0 aliphatic heterocycles. The lowest BCUT2D eigenvalue weighted by molar-refractivity contribution is -0.129. The molecule has 0 aliphatic carbocycles. The van der Waals surface area contributed by atoms with Crippen LogP contribution in [0.15, 0.2) is 54.6 Å². The maximum atomic E-state index is 11.9. The summed E-state index contributed by atoms with van der Waals surface area (Å²) >= 11 is 0. The van der Waals surface area contributed by atoms with Gasteiger partial charge in [0.2, 0.25) is 0 Å². The van der Waals surface area contributed by atoms with Gasteiger partial charge in [0.25, 0.3) is 5.91 Å². The molecule has 2 N–H and O–H groups in total. The Morgan fingerprint density at radius 1 is 1.15 bits per heavy atom. The number of hydrogen-bond acceptors (Lipinski definition) is 3. The third kappa shape index (κ3) is 3.59. The van der Waals surface area contributed by atoms with Crippen molar-refractivity contribution in [2.75, 3.05) is 7.11 Å². The topological polar surface area (TPSA) is 58.6 Å². The molecule has 2 rings (SSSR count). The minimum atomic E-state index is -1.14. The molecular formula is C16H17NO3. The molecule has 1 amide bonds. The van der Waals surface area contributed by atoms with Crippen LogP contribution in [0.25, 0.3) is 0 Å². The van der Waals surface area contributed by atoms with Gasteiger partial charge in [0.1, 0.15) is 5.75 Å². The van der Waals surface area contributed by atoms with Crippen LogP contribution in [0.3, 0.4) is 0 Å². The summed E-state index contributed by atoms with van der Waals surface area (Å²) in [6.07, 6.45) is -1.14. The van der Waals surface area contributed by atoms with Crippen molar-refractivity contribution in [2.24, 2.45) is 0 Å². The average molecular weight is 271 g/mol. The van der Waals surface area contributed by atoms with Crippen molar-refractivity contribution >= 4 is 5.91 Å². The van der Waals surface area contributed by atoms with Gasteiger partial charge < -0.3 is 15.2 Å². The number of nitrogens with one attached hydrogen (secondary N) is 1. The van der Waals surface area contributed by atoms with E-state index in [1.54, 1.807) is 31.4 Å². The second kappa shape index (κ2) is 6.73. The highest BCUT2D eigenvalue weighted by Gasteiger charge is 2.16. The first-order valence-electron chi connectivity index (χ1n) is 6.34. The van der Waals surface area contributed by atoms with Gasteiger partial charge in [-0.05, 0) is 23.3 Å². The first-order valence-corrected chi connectivity index (χ1v) is 6.34. The highest BCUT2D eigenvalue weighted by molar-refractivity contribution is 5.81. The summed E-state index contributed by atoms with van der Waals surface area (Å²) in [5, 5.41) is 12.6. The average Bonchev–Trinajstić information content (AvgIpc) is 2.53. The SMILES string of the molecule is COc1ccc(CNC(=O)C(O)c2ccccc2)cc1. The van der Waals surface area contributed by atoms with Crippen LogP contribution in [-0.2, 0) is 11.3 Å². The molecule has 0 heterocycles. The lowest BCUT2D eigenvalue weighted by Crippen LogP contribution is -2.28. The monoisotopic (exact) mass is 271 g/mol. The summed E-state index contributed by atoms with van der Waals surface area (Å²) in [4.78, 5) is 11.9. The van der Waals surface area contributed by atoms with Crippen LogP contribution in [0.1, 0.15) is 17.2 Å². The predicted molar refractivity (Wildman–Crippen MR) is 76.2 cm³/mol. The van der Waals surface area contributed by atoms with Crippen LogP contribution in [0.2, 0.25) is 0 Å². The fraction of sp³-hybridized carbons (Fsp3) is 0.188. The molecule has 0 radical (unpaired) electrons. The van der Waals surface area contributed by atoms with Gasteiger partial charge in [-0.25, -0.2) is 0 Å². The van der Waals surface area contributed by atoms with Crippen molar-refractivity contribution < 1.29 is 14.6 Å². The Morgan fingerprint density at radius 3 is 2.40 bits per heavy atom. The molecule has 104 valence electrons. The lowest BCUT2D eigenvalue weighted by atomic mass is 10.1. The number of hydrogen-bond donors (Lipinski definition) is 2. The number of benzene rings is 2. The van der Waals surface area contributed by atoms with Gasteiger partial charge in [-0.3, -0.25) is 4.79 Å². The summed E-state index contributed by atoms with van der Waals surface area (Å²) in [5.41, 5.74) is 1.53.